The number of nitrogens with zero attached hydrogens (tertiary/aromatic N) is 2. The van der Waals surface area contributed by atoms with Crippen molar-refractivity contribution in [2.75, 3.05) is 0 Å². The van der Waals surface area contributed by atoms with Crippen LogP contribution in [0.2, 0.25) is 0 Å². The van der Waals surface area contributed by atoms with Crippen molar-refractivity contribution in [2.24, 2.45) is 5.16 Å². The van der Waals surface area contributed by atoms with Gasteiger partial charge in [0.1, 0.15) is 5.36 Å². The average Bonchev–Trinajstić information content (AvgIpc) is 2.29. The first-order valence-corrected chi connectivity index (χ1v) is 4.39. The molecule has 6 nitrogen and oxygen atoms in total. The third-order valence-electron chi connectivity index (χ3n) is 2.25. The average molecular weight is 220 g/mol. The first-order chi connectivity index (χ1) is 7.63. The van der Waals surface area contributed by atoms with E-state index in [9.17, 15) is 10.0 Å². The van der Waals surface area contributed by atoms with E-state index in [1.54, 1.807) is 0 Å². The van der Waals surface area contributed by atoms with Gasteiger partial charge in [0.15, 0.2) is 0 Å². The Bertz CT molecular complexity index is 630. The summed E-state index contributed by atoms with van der Waals surface area (Å²) in [6.07, 6.45) is 1.30. The van der Waals surface area contributed by atoms with Crippen LogP contribution in [0.5, 0.6) is 0 Å². The summed E-state index contributed by atoms with van der Waals surface area (Å²) in [4.78, 5) is 10.8. The Morgan fingerprint density at radius 3 is 2.69 bits per heavy atom. The molecule has 1 aromatic heterocycles. The van der Waals surface area contributed by atoms with Crippen molar-refractivity contribution in [1.82, 2.24) is 4.73 Å². The number of pyridine rings is 1. The lowest BCUT2D eigenvalue weighted by Crippen LogP contribution is -2.09. The van der Waals surface area contributed by atoms with Crippen LogP contribution < -0.4 is 5.36 Å². The monoisotopic (exact) mass is 220 g/mol. The smallest absolute Gasteiger partial charge is 0.335 e. The highest BCUT2D eigenvalue weighted by molar-refractivity contribution is 5.93. The standard InChI is InChI=1S/C10H8N2O4/c13-10(14)6-1-2-9-7(5-6)8(11-15)3-4-12(9)16/h1-5,15-16H,(H,13,14)/b11-8+. The predicted octanol–water partition coefficient (Wildman–Crippen LogP) is 0.867. The first kappa shape index (κ1) is 10.0. The Balaban J connectivity index is 2.90. The van der Waals surface area contributed by atoms with E-state index in [1.165, 1.54) is 30.5 Å². The molecule has 2 rings (SSSR count). The van der Waals surface area contributed by atoms with E-state index in [-0.39, 0.29) is 10.9 Å². The predicted molar refractivity (Wildman–Crippen MR) is 53.4 cm³/mol. The topological polar surface area (TPSA) is 95.0 Å². The first-order valence-electron chi connectivity index (χ1n) is 4.39. The molecule has 16 heavy (non-hydrogen) atoms. The molecule has 0 amide bonds. The number of hydrogen-bond donors (Lipinski definition) is 3. The zero-order chi connectivity index (χ0) is 11.7. The zero-order valence-electron chi connectivity index (χ0n) is 8.03. The van der Waals surface area contributed by atoms with Crippen molar-refractivity contribution in [3.63, 3.8) is 0 Å². The van der Waals surface area contributed by atoms with Gasteiger partial charge in [-0.15, -0.1) is 0 Å². The van der Waals surface area contributed by atoms with Crippen LogP contribution in [0.4, 0.5) is 0 Å². The molecular weight excluding hydrogens is 212 g/mol. The maximum absolute atomic E-state index is 10.8. The second-order valence-corrected chi connectivity index (χ2v) is 3.18. The van der Waals surface area contributed by atoms with Crippen LogP contribution in [0.15, 0.2) is 35.6 Å². The minimum atomic E-state index is -1.08. The summed E-state index contributed by atoms with van der Waals surface area (Å²) < 4.78 is 0.829. The van der Waals surface area contributed by atoms with Crippen LogP contribution >= 0.6 is 0 Å². The molecular formula is C10H8N2O4. The Morgan fingerprint density at radius 1 is 1.31 bits per heavy atom. The quantitative estimate of drug-likeness (QED) is 0.377. The Kier molecular flexibility index (Phi) is 2.24. The van der Waals surface area contributed by atoms with Gasteiger partial charge < -0.3 is 15.5 Å². The summed E-state index contributed by atoms with van der Waals surface area (Å²) in [6, 6.07) is 5.50. The second-order valence-electron chi connectivity index (χ2n) is 3.18. The number of hydrogen-bond acceptors (Lipinski definition) is 4. The van der Waals surface area contributed by atoms with E-state index in [4.69, 9.17) is 10.3 Å². The van der Waals surface area contributed by atoms with Gasteiger partial charge in [0, 0.05) is 11.6 Å². The van der Waals surface area contributed by atoms with Crippen molar-refractivity contribution >= 4 is 16.9 Å². The van der Waals surface area contributed by atoms with Gasteiger partial charge >= 0.3 is 5.97 Å². The maximum Gasteiger partial charge on any atom is 0.335 e. The molecule has 0 saturated heterocycles. The fourth-order valence-corrected chi connectivity index (χ4v) is 1.47. The van der Waals surface area contributed by atoms with Gasteiger partial charge in [-0.05, 0) is 24.3 Å². The molecule has 0 aliphatic rings. The zero-order valence-corrected chi connectivity index (χ0v) is 8.03. The molecule has 0 fully saturated rings. The summed E-state index contributed by atoms with van der Waals surface area (Å²) in [6.45, 7) is 0. The number of aromatic nitrogens is 1. The number of carbonyl (C=O) groups is 1. The van der Waals surface area contributed by atoms with Gasteiger partial charge in [-0.25, -0.2) is 4.79 Å². The molecule has 82 valence electrons. The SMILES string of the molecule is O=C(O)c1ccc2c(c1)/c(=N/O)ccn2O. The van der Waals surface area contributed by atoms with Crippen LogP contribution in [-0.2, 0) is 0 Å². The highest BCUT2D eigenvalue weighted by Crippen LogP contribution is 2.11. The van der Waals surface area contributed by atoms with Crippen molar-refractivity contribution in [1.29, 1.82) is 0 Å². The number of fused-ring (bicyclic) bond motifs is 1. The molecule has 1 aromatic carbocycles. The van der Waals surface area contributed by atoms with E-state index in [0.29, 0.717) is 10.9 Å². The highest BCUT2D eigenvalue weighted by Gasteiger charge is 2.06. The lowest BCUT2D eigenvalue weighted by atomic mass is 10.1. The number of aromatic carboxylic acids is 1. The van der Waals surface area contributed by atoms with E-state index in [2.05, 4.69) is 5.16 Å². The van der Waals surface area contributed by atoms with Gasteiger partial charge in [0.05, 0.1) is 11.1 Å². The van der Waals surface area contributed by atoms with Crippen molar-refractivity contribution in [2.45, 2.75) is 0 Å². The van der Waals surface area contributed by atoms with Gasteiger partial charge in [-0.1, -0.05) is 5.16 Å². The third kappa shape index (κ3) is 1.46. The number of carboxylic acids is 1. The van der Waals surface area contributed by atoms with Crippen LogP contribution in [0, 0.1) is 0 Å². The van der Waals surface area contributed by atoms with Crippen molar-refractivity contribution < 1.29 is 20.3 Å². The van der Waals surface area contributed by atoms with Crippen LogP contribution in [0.3, 0.4) is 0 Å². The molecule has 0 atom stereocenters. The van der Waals surface area contributed by atoms with E-state index >= 15 is 0 Å². The minimum Gasteiger partial charge on any atom is -0.478 e. The third-order valence-corrected chi connectivity index (χ3v) is 2.25. The summed E-state index contributed by atoms with van der Waals surface area (Å²) in [5.41, 5.74) is 0.420. The molecule has 0 unspecified atom stereocenters. The van der Waals surface area contributed by atoms with Crippen molar-refractivity contribution in [3.05, 3.63) is 41.4 Å². The van der Waals surface area contributed by atoms with Crippen LogP contribution in [0.25, 0.3) is 10.9 Å². The molecule has 0 spiro atoms. The molecule has 0 radical (unpaired) electrons. The van der Waals surface area contributed by atoms with Crippen molar-refractivity contribution in [3.8, 4) is 0 Å². The van der Waals surface area contributed by atoms with Gasteiger partial charge in [0.25, 0.3) is 0 Å². The van der Waals surface area contributed by atoms with E-state index in [0.717, 1.165) is 4.73 Å². The fraction of sp³-hybridized carbons (Fsp3) is 0. The molecule has 0 saturated carbocycles. The molecule has 0 aliphatic carbocycles. The molecule has 2 aromatic rings. The Hall–Kier alpha value is -2.50. The van der Waals surface area contributed by atoms with E-state index in [1.807, 2.05) is 0 Å². The van der Waals surface area contributed by atoms with Gasteiger partial charge in [-0.2, -0.15) is 4.73 Å². The number of benzene rings is 1. The highest BCUT2D eigenvalue weighted by atomic mass is 16.5. The molecule has 6 heteroatoms. The lowest BCUT2D eigenvalue weighted by Gasteiger charge is -2.04. The molecule has 0 aliphatic heterocycles. The van der Waals surface area contributed by atoms with E-state index < -0.39 is 5.97 Å². The number of carboxylic acid groups (broad SMARTS) is 1. The number of rotatable bonds is 1. The maximum atomic E-state index is 10.8. The summed E-state index contributed by atoms with van der Waals surface area (Å²) in [5, 5.41) is 30.6. The lowest BCUT2D eigenvalue weighted by molar-refractivity contribution is 0.0697. The summed E-state index contributed by atoms with van der Waals surface area (Å²) in [5.74, 6) is -1.08. The normalized spacial score (nSPS) is 11.9. The Labute approximate surface area is 89.3 Å². The summed E-state index contributed by atoms with van der Waals surface area (Å²) >= 11 is 0. The minimum absolute atomic E-state index is 0.0589. The molecule has 1 heterocycles. The van der Waals surface area contributed by atoms with Gasteiger partial charge in [0.2, 0.25) is 0 Å². The van der Waals surface area contributed by atoms with Crippen LogP contribution in [-0.4, -0.2) is 26.2 Å². The van der Waals surface area contributed by atoms with Crippen LogP contribution in [0.1, 0.15) is 10.4 Å². The molecule has 3 N–H and O–H groups in total. The largest absolute Gasteiger partial charge is 0.478 e. The second kappa shape index (κ2) is 3.58. The van der Waals surface area contributed by atoms with Gasteiger partial charge in [-0.3, -0.25) is 0 Å². The molecule has 0 bridgehead atoms. The fourth-order valence-electron chi connectivity index (χ4n) is 1.47. The Morgan fingerprint density at radius 2 is 2.06 bits per heavy atom. The summed E-state index contributed by atoms with van der Waals surface area (Å²) in [7, 11) is 0.